The third kappa shape index (κ3) is 4.09. The topological polar surface area (TPSA) is 12.0 Å². The van der Waals surface area contributed by atoms with Crippen LogP contribution in [0, 0.1) is 13.8 Å². The van der Waals surface area contributed by atoms with Crippen molar-refractivity contribution < 1.29 is 0 Å². The van der Waals surface area contributed by atoms with Gasteiger partial charge in [0.05, 0.1) is 6.04 Å². The maximum Gasteiger partial charge on any atom is 0.0580 e. The summed E-state index contributed by atoms with van der Waals surface area (Å²) in [5, 5.41) is 4.46. The summed E-state index contributed by atoms with van der Waals surface area (Å²) in [6.45, 7) is 7.34. The number of benzene rings is 2. The van der Waals surface area contributed by atoms with Crippen molar-refractivity contribution in [3.8, 4) is 0 Å². The molecular formula is C18H21BrClN. The molecule has 21 heavy (non-hydrogen) atoms. The molecule has 0 bridgehead atoms. The predicted molar refractivity (Wildman–Crippen MR) is 95.2 cm³/mol. The number of aryl methyl sites for hydroxylation is 2. The van der Waals surface area contributed by atoms with Gasteiger partial charge in [-0.3, -0.25) is 0 Å². The molecule has 2 aromatic carbocycles. The molecule has 0 saturated heterocycles. The van der Waals surface area contributed by atoms with E-state index in [-0.39, 0.29) is 6.04 Å². The van der Waals surface area contributed by atoms with E-state index in [1.807, 2.05) is 6.92 Å². The Hall–Kier alpha value is -0.830. The van der Waals surface area contributed by atoms with E-state index in [2.05, 4.69) is 71.5 Å². The molecule has 0 aliphatic carbocycles. The van der Waals surface area contributed by atoms with E-state index >= 15 is 0 Å². The number of halogens is 2. The van der Waals surface area contributed by atoms with E-state index in [9.17, 15) is 0 Å². The van der Waals surface area contributed by atoms with Gasteiger partial charge in [-0.1, -0.05) is 52.7 Å². The molecule has 2 aromatic rings. The average molecular weight is 367 g/mol. The van der Waals surface area contributed by atoms with E-state index in [4.69, 9.17) is 11.6 Å². The van der Waals surface area contributed by atoms with Gasteiger partial charge >= 0.3 is 0 Å². The molecule has 0 aliphatic rings. The standard InChI is InChI=1S/C18H21BrClN/c1-4-9-21-18(14-7-5-13(3)17(20)10-14)16-11-15(19)8-6-12(16)2/h5-8,10-11,18,21H,4,9H2,1-3H3. The van der Waals surface area contributed by atoms with E-state index in [1.165, 1.54) is 16.7 Å². The fourth-order valence-corrected chi connectivity index (χ4v) is 2.97. The molecule has 1 atom stereocenters. The highest BCUT2D eigenvalue weighted by Gasteiger charge is 2.16. The Morgan fingerprint density at radius 1 is 1.10 bits per heavy atom. The van der Waals surface area contributed by atoms with E-state index < -0.39 is 0 Å². The molecule has 1 N–H and O–H groups in total. The van der Waals surface area contributed by atoms with Crippen LogP contribution in [-0.4, -0.2) is 6.54 Å². The van der Waals surface area contributed by atoms with E-state index in [0.717, 1.165) is 28.0 Å². The second-order valence-electron chi connectivity index (χ2n) is 5.40. The minimum absolute atomic E-state index is 0.167. The maximum atomic E-state index is 6.31. The largest absolute Gasteiger partial charge is 0.306 e. The number of nitrogens with one attached hydrogen (secondary N) is 1. The average Bonchev–Trinajstić information content (AvgIpc) is 2.46. The Kier molecular flexibility index (Phi) is 5.86. The normalized spacial score (nSPS) is 12.4. The van der Waals surface area contributed by atoms with Gasteiger partial charge in [0.25, 0.3) is 0 Å². The molecule has 0 amide bonds. The summed E-state index contributed by atoms with van der Waals surface area (Å²) in [6, 6.07) is 12.9. The Balaban J connectivity index is 2.46. The molecule has 0 heterocycles. The lowest BCUT2D eigenvalue weighted by Crippen LogP contribution is -2.24. The highest BCUT2D eigenvalue weighted by molar-refractivity contribution is 9.10. The number of rotatable bonds is 5. The molecule has 0 saturated carbocycles. The lowest BCUT2D eigenvalue weighted by atomic mass is 9.94. The van der Waals surface area contributed by atoms with E-state index in [1.54, 1.807) is 0 Å². The quantitative estimate of drug-likeness (QED) is 0.704. The summed E-state index contributed by atoms with van der Waals surface area (Å²) in [5.74, 6) is 0. The van der Waals surface area contributed by atoms with Crippen LogP contribution in [0.2, 0.25) is 5.02 Å². The summed E-state index contributed by atoms with van der Waals surface area (Å²) in [7, 11) is 0. The zero-order valence-corrected chi connectivity index (χ0v) is 15.1. The first kappa shape index (κ1) is 16.5. The number of hydrogen-bond donors (Lipinski definition) is 1. The first-order valence-electron chi connectivity index (χ1n) is 7.28. The third-order valence-electron chi connectivity index (χ3n) is 3.68. The second-order valence-corrected chi connectivity index (χ2v) is 6.72. The van der Waals surface area contributed by atoms with Gasteiger partial charge < -0.3 is 5.32 Å². The SMILES string of the molecule is CCCNC(c1ccc(C)c(Cl)c1)c1cc(Br)ccc1C. The van der Waals surface area contributed by atoms with Crippen LogP contribution in [0.5, 0.6) is 0 Å². The second kappa shape index (κ2) is 7.44. The van der Waals surface area contributed by atoms with Gasteiger partial charge in [0, 0.05) is 9.50 Å². The summed E-state index contributed by atoms with van der Waals surface area (Å²) in [5.41, 5.74) is 4.89. The van der Waals surface area contributed by atoms with Gasteiger partial charge in [0.1, 0.15) is 0 Å². The molecule has 1 unspecified atom stereocenters. The van der Waals surface area contributed by atoms with Crippen LogP contribution < -0.4 is 5.32 Å². The summed E-state index contributed by atoms with van der Waals surface area (Å²) < 4.78 is 1.10. The molecule has 3 heteroatoms. The predicted octanol–water partition coefficient (Wildman–Crippen LogP) is 5.81. The van der Waals surface area contributed by atoms with E-state index in [0.29, 0.717) is 0 Å². The molecule has 0 aromatic heterocycles. The van der Waals surface area contributed by atoms with Gasteiger partial charge in [-0.15, -0.1) is 0 Å². The fourth-order valence-electron chi connectivity index (χ4n) is 2.41. The summed E-state index contributed by atoms with van der Waals surface area (Å²) in [6.07, 6.45) is 1.10. The Morgan fingerprint density at radius 3 is 2.48 bits per heavy atom. The molecule has 112 valence electrons. The van der Waals surface area contributed by atoms with Crippen molar-refractivity contribution >= 4 is 27.5 Å². The van der Waals surface area contributed by atoms with Gasteiger partial charge in [-0.2, -0.15) is 0 Å². The molecular weight excluding hydrogens is 346 g/mol. The van der Waals surface area contributed by atoms with Crippen LogP contribution in [0.1, 0.15) is 41.6 Å². The highest BCUT2D eigenvalue weighted by atomic mass is 79.9. The Labute approximate surface area is 140 Å². The first-order valence-corrected chi connectivity index (χ1v) is 8.45. The lowest BCUT2D eigenvalue weighted by molar-refractivity contribution is 0.596. The fraction of sp³-hybridized carbons (Fsp3) is 0.333. The highest BCUT2D eigenvalue weighted by Crippen LogP contribution is 2.30. The van der Waals surface area contributed by atoms with Crippen LogP contribution in [0.3, 0.4) is 0 Å². The van der Waals surface area contributed by atoms with Crippen molar-refractivity contribution in [2.24, 2.45) is 0 Å². The third-order valence-corrected chi connectivity index (χ3v) is 4.58. The Bertz CT molecular complexity index is 625. The minimum atomic E-state index is 0.167. The monoisotopic (exact) mass is 365 g/mol. The van der Waals surface area contributed by atoms with Crippen molar-refractivity contribution in [2.75, 3.05) is 6.54 Å². The zero-order chi connectivity index (χ0) is 15.4. The molecule has 0 spiro atoms. The molecule has 0 radical (unpaired) electrons. The van der Waals surface area contributed by atoms with Crippen molar-refractivity contribution in [3.05, 3.63) is 68.1 Å². The van der Waals surface area contributed by atoms with Crippen molar-refractivity contribution in [2.45, 2.75) is 33.2 Å². The summed E-state index contributed by atoms with van der Waals surface area (Å²) >= 11 is 9.89. The first-order chi connectivity index (χ1) is 10.0. The van der Waals surface area contributed by atoms with Crippen molar-refractivity contribution in [1.82, 2.24) is 5.32 Å². The lowest BCUT2D eigenvalue weighted by Gasteiger charge is -2.22. The number of hydrogen-bond acceptors (Lipinski definition) is 1. The van der Waals surface area contributed by atoms with Crippen LogP contribution in [-0.2, 0) is 0 Å². The molecule has 1 nitrogen and oxygen atoms in total. The van der Waals surface area contributed by atoms with Crippen LogP contribution in [0.25, 0.3) is 0 Å². The van der Waals surface area contributed by atoms with Crippen molar-refractivity contribution in [1.29, 1.82) is 0 Å². The van der Waals surface area contributed by atoms with Gasteiger partial charge in [0.15, 0.2) is 0 Å². The van der Waals surface area contributed by atoms with Crippen LogP contribution >= 0.6 is 27.5 Å². The van der Waals surface area contributed by atoms with Crippen molar-refractivity contribution in [3.63, 3.8) is 0 Å². The molecule has 2 rings (SSSR count). The van der Waals surface area contributed by atoms with Gasteiger partial charge in [0.2, 0.25) is 0 Å². The summed E-state index contributed by atoms with van der Waals surface area (Å²) in [4.78, 5) is 0. The molecule has 0 fully saturated rings. The molecule has 0 aliphatic heterocycles. The zero-order valence-electron chi connectivity index (χ0n) is 12.7. The van der Waals surface area contributed by atoms with Gasteiger partial charge in [-0.05, 0) is 67.3 Å². The maximum absolute atomic E-state index is 6.31. The van der Waals surface area contributed by atoms with Crippen LogP contribution in [0.15, 0.2) is 40.9 Å². The smallest absolute Gasteiger partial charge is 0.0580 e. The van der Waals surface area contributed by atoms with Gasteiger partial charge in [-0.25, -0.2) is 0 Å². The Morgan fingerprint density at radius 2 is 1.81 bits per heavy atom. The minimum Gasteiger partial charge on any atom is -0.306 e. The van der Waals surface area contributed by atoms with Crippen LogP contribution in [0.4, 0.5) is 0 Å².